The molecule has 0 saturated carbocycles. The zero-order chi connectivity index (χ0) is 16.1. The van der Waals surface area contributed by atoms with Gasteiger partial charge in [-0.1, -0.05) is 30.3 Å². The van der Waals surface area contributed by atoms with Crippen LogP contribution in [0.2, 0.25) is 0 Å². The zero-order valence-electron chi connectivity index (χ0n) is 12.6. The van der Waals surface area contributed by atoms with Gasteiger partial charge in [-0.3, -0.25) is 4.79 Å². The van der Waals surface area contributed by atoms with E-state index in [4.69, 9.17) is 9.47 Å². The van der Waals surface area contributed by atoms with E-state index < -0.39 is 0 Å². The molecule has 0 spiro atoms. The van der Waals surface area contributed by atoms with Crippen molar-refractivity contribution in [3.8, 4) is 5.75 Å². The normalized spacial score (nSPS) is 17.0. The van der Waals surface area contributed by atoms with Crippen LogP contribution < -0.4 is 10.1 Å². The minimum atomic E-state index is -0.0954. The first-order valence-corrected chi connectivity index (χ1v) is 8.36. The van der Waals surface area contributed by atoms with Crippen molar-refractivity contribution in [3.63, 3.8) is 0 Å². The third-order valence-corrected chi connectivity index (χ3v) is 4.35. The number of hydrogen-bond acceptors (Lipinski definition) is 3. The predicted octanol–water partition coefficient (Wildman–Crippen LogP) is 3.55. The highest BCUT2D eigenvalue weighted by Crippen LogP contribution is 2.24. The van der Waals surface area contributed by atoms with E-state index in [0.717, 1.165) is 22.2 Å². The molecule has 0 radical (unpaired) electrons. The van der Waals surface area contributed by atoms with E-state index in [1.807, 2.05) is 42.5 Å². The van der Waals surface area contributed by atoms with Crippen LogP contribution in [0.1, 0.15) is 22.3 Å². The Kier molecular flexibility index (Phi) is 5.31. The largest absolute Gasteiger partial charge is 0.489 e. The second-order valence-electron chi connectivity index (χ2n) is 5.45. The molecule has 1 saturated heterocycles. The second kappa shape index (κ2) is 7.62. The fourth-order valence-electron chi connectivity index (χ4n) is 2.42. The molecule has 1 amide bonds. The van der Waals surface area contributed by atoms with Crippen LogP contribution in [0, 0.1) is 0 Å². The topological polar surface area (TPSA) is 47.6 Å². The number of amides is 1. The molecule has 1 atom stereocenters. The maximum Gasteiger partial charge on any atom is 0.252 e. The number of rotatable bonds is 5. The van der Waals surface area contributed by atoms with Gasteiger partial charge < -0.3 is 14.8 Å². The number of ether oxygens (including phenoxy) is 2. The van der Waals surface area contributed by atoms with E-state index in [1.54, 1.807) is 6.07 Å². The Hall–Kier alpha value is -1.85. The van der Waals surface area contributed by atoms with Gasteiger partial charge >= 0.3 is 0 Å². The van der Waals surface area contributed by atoms with Gasteiger partial charge in [-0.2, -0.15) is 0 Å². The van der Waals surface area contributed by atoms with Gasteiger partial charge in [0.25, 0.3) is 5.91 Å². The highest BCUT2D eigenvalue weighted by atomic mass is 79.9. The van der Waals surface area contributed by atoms with Crippen LogP contribution in [0.15, 0.2) is 53.0 Å². The van der Waals surface area contributed by atoms with Crippen LogP contribution in [0.5, 0.6) is 5.75 Å². The second-order valence-corrected chi connectivity index (χ2v) is 6.30. The molecule has 0 aromatic heterocycles. The van der Waals surface area contributed by atoms with Gasteiger partial charge in [0.2, 0.25) is 0 Å². The summed E-state index contributed by atoms with van der Waals surface area (Å²) in [5, 5.41) is 2.98. The van der Waals surface area contributed by atoms with Gasteiger partial charge in [0.05, 0.1) is 18.2 Å². The summed E-state index contributed by atoms with van der Waals surface area (Å²) in [6.45, 7) is 1.79. The highest BCUT2D eigenvalue weighted by Gasteiger charge is 2.20. The summed E-state index contributed by atoms with van der Waals surface area (Å²) >= 11 is 3.45. The molecule has 2 aromatic rings. The van der Waals surface area contributed by atoms with Gasteiger partial charge in [0.15, 0.2) is 0 Å². The van der Waals surface area contributed by atoms with Gasteiger partial charge in [-0.25, -0.2) is 0 Å². The maximum absolute atomic E-state index is 12.3. The molecule has 2 aromatic carbocycles. The number of carbonyl (C=O) groups is 1. The minimum Gasteiger partial charge on any atom is -0.489 e. The van der Waals surface area contributed by atoms with Crippen LogP contribution in [0.3, 0.4) is 0 Å². The monoisotopic (exact) mass is 375 g/mol. The molecule has 1 aliphatic rings. The fraction of sp³-hybridized carbons (Fsp3) is 0.278. The van der Waals surface area contributed by atoms with Gasteiger partial charge in [0.1, 0.15) is 12.4 Å². The molecule has 1 fully saturated rings. The molecule has 1 aliphatic heterocycles. The van der Waals surface area contributed by atoms with E-state index in [-0.39, 0.29) is 11.9 Å². The van der Waals surface area contributed by atoms with E-state index in [1.165, 1.54) is 0 Å². The Balaban J connectivity index is 1.62. The summed E-state index contributed by atoms with van der Waals surface area (Å²) in [5.41, 5.74) is 1.70. The SMILES string of the molecule is O=C(NC1CCOC1)c1ccc(OCc2ccccc2)cc1Br. The zero-order valence-corrected chi connectivity index (χ0v) is 14.2. The van der Waals surface area contributed by atoms with Crippen LogP contribution in [-0.4, -0.2) is 25.2 Å². The van der Waals surface area contributed by atoms with Crippen molar-refractivity contribution in [3.05, 3.63) is 64.1 Å². The molecular weight excluding hydrogens is 358 g/mol. The first-order chi connectivity index (χ1) is 11.2. The molecule has 1 unspecified atom stereocenters. The molecule has 23 heavy (non-hydrogen) atoms. The summed E-state index contributed by atoms with van der Waals surface area (Å²) in [7, 11) is 0. The first-order valence-electron chi connectivity index (χ1n) is 7.57. The highest BCUT2D eigenvalue weighted by molar-refractivity contribution is 9.10. The predicted molar refractivity (Wildman–Crippen MR) is 91.6 cm³/mol. The van der Waals surface area contributed by atoms with Gasteiger partial charge in [0, 0.05) is 11.1 Å². The Bertz CT molecular complexity index is 669. The third-order valence-electron chi connectivity index (χ3n) is 3.70. The molecule has 1 heterocycles. The smallest absolute Gasteiger partial charge is 0.252 e. The molecule has 3 rings (SSSR count). The molecular formula is C18H18BrNO3. The third kappa shape index (κ3) is 4.33. The van der Waals surface area contributed by atoms with Gasteiger partial charge in [-0.15, -0.1) is 0 Å². The van der Waals surface area contributed by atoms with Crippen molar-refractivity contribution in [1.29, 1.82) is 0 Å². The number of carbonyl (C=O) groups excluding carboxylic acids is 1. The van der Waals surface area contributed by atoms with E-state index in [0.29, 0.717) is 25.4 Å². The van der Waals surface area contributed by atoms with Crippen molar-refractivity contribution in [2.45, 2.75) is 19.1 Å². The number of hydrogen-bond donors (Lipinski definition) is 1. The number of benzene rings is 2. The Labute approximate surface area is 143 Å². The molecule has 1 N–H and O–H groups in total. The standard InChI is InChI=1S/C18H18BrNO3/c19-17-10-15(23-11-13-4-2-1-3-5-13)6-7-16(17)18(21)20-14-8-9-22-12-14/h1-7,10,14H,8-9,11-12H2,(H,20,21). The van der Waals surface area contributed by atoms with Crippen molar-refractivity contribution < 1.29 is 14.3 Å². The molecule has 4 nitrogen and oxygen atoms in total. The summed E-state index contributed by atoms with van der Waals surface area (Å²) in [6, 6.07) is 15.5. The lowest BCUT2D eigenvalue weighted by molar-refractivity contribution is 0.0929. The van der Waals surface area contributed by atoms with Crippen molar-refractivity contribution in [1.82, 2.24) is 5.32 Å². The van der Waals surface area contributed by atoms with Crippen LogP contribution in [0.25, 0.3) is 0 Å². The minimum absolute atomic E-state index is 0.0954. The average Bonchev–Trinajstić information content (AvgIpc) is 3.07. The first kappa shape index (κ1) is 16.0. The summed E-state index contributed by atoms with van der Waals surface area (Å²) in [5.74, 6) is 0.628. The Morgan fingerprint density at radius 2 is 2.09 bits per heavy atom. The quantitative estimate of drug-likeness (QED) is 0.868. The lowest BCUT2D eigenvalue weighted by Crippen LogP contribution is -2.35. The fourth-order valence-corrected chi connectivity index (χ4v) is 2.96. The van der Waals surface area contributed by atoms with Crippen molar-refractivity contribution in [2.75, 3.05) is 13.2 Å². The Morgan fingerprint density at radius 1 is 1.26 bits per heavy atom. The molecule has 5 heteroatoms. The lowest BCUT2D eigenvalue weighted by atomic mass is 10.1. The average molecular weight is 376 g/mol. The molecule has 0 aliphatic carbocycles. The van der Waals surface area contributed by atoms with Crippen molar-refractivity contribution in [2.24, 2.45) is 0 Å². The van der Waals surface area contributed by atoms with Crippen LogP contribution in [-0.2, 0) is 11.3 Å². The lowest BCUT2D eigenvalue weighted by Gasteiger charge is -2.13. The van der Waals surface area contributed by atoms with Crippen LogP contribution in [0.4, 0.5) is 0 Å². The van der Waals surface area contributed by atoms with Gasteiger partial charge in [-0.05, 0) is 46.1 Å². The Morgan fingerprint density at radius 3 is 2.78 bits per heavy atom. The summed E-state index contributed by atoms with van der Waals surface area (Å²) in [4.78, 5) is 12.3. The van der Waals surface area contributed by atoms with Crippen LogP contribution >= 0.6 is 15.9 Å². The molecule has 120 valence electrons. The summed E-state index contributed by atoms with van der Waals surface area (Å²) < 4.78 is 11.8. The van der Waals surface area contributed by atoms with E-state index >= 15 is 0 Å². The number of halogens is 1. The van der Waals surface area contributed by atoms with E-state index in [9.17, 15) is 4.79 Å². The van der Waals surface area contributed by atoms with E-state index in [2.05, 4.69) is 21.2 Å². The molecule has 0 bridgehead atoms. The number of nitrogens with one attached hydrogen (secondary N) is 1. The van der Waals surface area contributed by atoms with Crippen molar-refractivity contribution >= 4 is 21.8 Å². The summed E-state index contributed by atoms with van der Waals surface area (Å²) in [6.07, 6.45) is 0.863. The maximum atomic E-state index is 12.3.